The van der Waals surface area contributed by atoms with Crippen LogP contribution in [0.25, 0.3) is 11.0 Å². The summed E-state index contributed by atoms with van der Waals surface area (Å²) in [6.07, 6.45) is 4.54. The molecule has 1 spiro atoms. The number of fused-ring (bicyclic) bond motifs is 2. The number of aliphatic hydroxyl groups is 1. The van der Waals surface area contributed by atoms with Crippen LogP contribution in [0.15, 0.2) is 79.9 Å². The van der Waals surface area contributed by atoms with Gasteiger partial charge in [-0.05, 0) is 43.0 Å². The molecular weight excluding hydrogens is 588 g/mol. The predicted octanol–water partition coefficient (Wildman–Crippen LogP) is 3.73. The first-order chi connectivity index (χ1) is 21.8. The van der Waals surface area contributed by atoms with E-state index in [2.05, 4.69) is 30.4 Å². The molecule has 0 saturated carbocycles. The Morgan fingerprint density at radius 2 is 1.82 bits per heavy atom. The van der Waals surface area contributed by atoms with Gasteiger partial charge < -0.3 is 19.8 Å². The molecule has 3 amide bonds. The highest BCUT2D eigenvalue weighted by Crippen LogP contribution is 2.69. The van der Waals surface area contributed by atoms with Gasteiger partial charge in [-0.15, -0.1) is 30.0 Å². The number of nitrogens with zero attached hydrogens (tertiary/aromatic N) is 6. The van der Waals surface area contributed by atoms with Crippen LogP contribution in [0.1, 0.15) is 26.7 Å². The number of amides is 3. The molecule has 3 aliphatic rings. The summed E-state index contributed by atoms with van der Waals surface area (Å²) in [6, 6.07) is 15.6. The summed E-state index contributed by atoms with van der Waals surface area (Å²) in [5.74, 6) is -1.92. The molecule has 3 aromatic rings. The van der Waals surface area contributed by atoms with E-state index in [0.717, 1.165) is 11.2 Å². The van der Waals surface area contributed by atoms with Crippen molar-refractivity contribution < 1.29 is 19.5 Å². The fourth-order valence-electron chi connectivity index (χ4n) is 7.80. The molecule has 10 nitrogen and oxygen atoms in total. The highest BCUT2D eigenvalue weighted by Gasteiger charge is 2.77. The normalized spacial score (nSPS) is 27.4. The van der Waals surface area contributed by atoms with Crippen molar-refractivity contribution >= 4 is 46.2 Å². The van der Waals surface area contributed by atoms with Crippen molar-refractivity contribution in [3.05, 3.63) is 79.9 Å². The summed E-state index contributed by atoms with van der Waals surface area (Å²) >= 11 is 1.63. The number of carbonyl (C=O) groups is 3. The molecule has 45 heavy (non-hydrogen) atoms. The molecule has 0 radical (unpaired) electrons. The minimum absolute atomic E-state index is 0.0111. The number of rotatable bonds is 12. The van der Waals surface area contributed by atoms with Crippen molar-refractivity contribution in [2.75, 3.05) is 24.6 Å². The van der Waals surface area contributed by atoms with Crippen molar-refractivity contribution in [3.63, 3.8) is 0 Å². The second-order valence-electron chi connectivity index (χ2n) is 12.2. The SMILES string of the molecule is C=CCN(Cn1nnc2ccccc21)C(=O)C1N([C@@H](CC)CO)C(=O)[C@@H]2[C@@H](C(=O)N(CC=C)c3ccccc3)[C@H]3CC(C)C12S3. The summed E-state index contributed by atoms with van der Waals surface area (Å²) in [6.45, 7) is 12.2. The Morgan fingerprint density at radius 1 is 1.11 bits per heavy atom. The Morgan fingerprint density at radius 3 is 2.51 bits per heavy atom. The standard InChI is InChI=1S/C34H40N6O4S/c1-5-17-37(21-39-26-16-12-11-15-25(26)35-36-39)33(44)30-34-22(4)19-27(45-34)28(29(34)32(43)40(30)23(7-3)20-41)31(42)38(18-6-2)24-13-9-8-10-14-24/h5-6,8-16,22-23,27-30,41H,1-2,7,17-21H2,3-4H3/t22?,23-,27+,28-,29-,30?,34?/m0/s1. The van der Waals surface area contributed by atoms with E-state index in [1.807, 2.05) is 61.5 Å². The lowest BCUT2D eigenvalue weighted by molar-refractivity contribution is -0.146. The molecule has 4 heterocycles. The maximum atomic E-state index is 14.9. The third kappa shape index (κ3) is 4.87. The molecule has 7 atom stereocenters. The van der Waals surface area contributed by atoms with E-state index in [0.29, 0.717) is 24.9 Å². The molecular formula is C34H40N6O4S. The fourth-order valence-corrected chi connectivity index (χ4v) is 10.2. The van der Waals surface area contributed by atoms with Gasteiger partial charge in [0.25, 0.3) is 0 Å². The van der Waals surface area contributed by atoms with Crippen LogP contribution < -0.4 is 4.90 Å². The highest BCUT2D eigenvalue weighted by molar-refractivity contribution is 8.02. The molecule has 2 aromatic carbocycles. The number of benzene rings is 2. The van der Waals surface area contributed by atoms with Gasteiger partial charge >= 0.3 is 0 Å². The number of aliphatic hydroxyl groups excluding tert-OH is 1. The third-order valence-corrected chi connectivity index (χ3v) is 11.9. The minimum atomic E-state index is -0.866. The predicted molar refractivity (Wildman–Crippen MR) is 175 cm³/mol. The van der Waals surface area contributed by atoms with E-state index in [1.54, 1.807) is 43.3 Å². The molecule has 1 N–H and O–H groups in total. The van der Waals surface area contributed by atoms with Crippen LogP contribution in [-0.2, 0) is 21.1 Å². The van der Waals surface area contributed by atoms with Crippen LogP contribution in [0.2, 0.25) is 0 Å². The Bertz CT molecular complexity index is 1610. The highest BCUT2D eigenvalue weighted by atomic mass is 32.2. The maximum Gasteiger partial charge on any atom is 0.248 e. The van der Waals surface area contributed by atoms with Crippen LogP contribution in [0, 0.1) is 17.8 Å². The number of para-hydroxylation sites is 2. The maximum absolute atomic E-state index is 14.9. The van der Waals surface area contributed by atoms with Crippen molar-refractivity contribution in [2.24, 2.45) is 17.8 Å². The van der Waals surface area contributed by atoms with E-state index >= 15 is 0 Å². The van der Waals surface area contributed by atoms with Gasteiger partial charge in [0.1, 0.15) is 18.2 Å². The Labute approximate surface area is 267 Å². The lowest BCUT2D eigenvalue weighted by Crippen LogP contribution is -2.59. The summed E-state index contributed by atoms with van der Waals surface area (Å²) in [5, 5.41) is 19.0. The molecule has 236 valence electrons. The molecule has 2 bridgehead atoms. The Hall–Kier alpha value is -3.96. The first-order valence-electron chi connectivity index (χ1n) is 15.6. The van der Waals surface area contributed by atoms with E-state index in [1.165, 1.54) is 0 Å². The monoisotopic (exact) mass is 628 g/mol. The molecule has 6 rings (SSSR count). The van der Waals surface area contributed by atoms with Gasteiger partial charge in [0.05, 0.1) is 34.7 Å². The topological polar surface area (TPSA) is 112 Å². The quantitative estimate of drug-likeness (QED) is 0.304. The van der Waals surface area contributed by atoms with E-state index in [-0.39, 0.29) is 48.7 Å². The fraction of sp³-hybridized carbons (Fsp3) is 0.441. The molecule has 3 saturated heterocycles. The number of likely N-dealkylation sites (tertiary alicyclic amines) is 1. The largest absolute Gasteiger partial charge is 0.394 e. The average molecular weight is 629 g/mol. The summed E-state index contributed by atoms with van der Waals surface area (Å²) < 4.78 is 0.848. The zero-order chi connectivity index (χ0) is 31.9. The number of thioether (sulfide) groups is 1. The smallest absolute Gasteiger partial charge is 0.248 e. The van der Waals surface area contributed by atoms with E-state index in [9.17, 15) is 19.5 Å². The van der Waals surface area contributed by atoms with E-state index < -0.39 is 28.7 Å². The molecule has 11 heteroatoms. The summed E-state index contributed by atoms with van der Waals surface area (Å²) in [5.41, 5.74) is 2.25. The number of hydrogen-bond donors (Lipinski definition) is 1. The minimum Gasteiger partial charge on any atom is -0.394 e. The van der Waals surface area contributed by atoms with Crippen LogP contribution >= 0.6 is 11.8 Å². The van der Waals surface area contributed by atoms with Crippen LogP contribution in [-0.4, -0.2) is 89.4 Å². The van der Waals surface area contributed by atoms with Gasteiger partial charge in [-0.25, -0.2) is 4.68 Å². The lowest BCUT2D eigenvalue weighted by atomic mass is 9.65. The van der Waals surface area contributed by atoms with E-state index in [4.69, 9.17) is 0 Å². The molecule has 0 aliphatic carbocycles. The van der Waals surface area contributed by atoms with Crippen molar-refractivity contribution in [2.45, 2.75) is 55.4 Å². The lowest BCUT2D eigenvalue weighted by Gasteiger charge is -2.42. The number of anilines is 1. The summed E-state index contributed by atoms with van der Waals surface area (Å²) in [7, 11) is 0. The average Bonchev–Trinajstić information content (AvgIpc) is 3.78. The van der Waals surface area contributed by atoms with Crippen molar-refractivity contribution in [1.29, 1.82) is 0 Å². The first kappa shape index (κ1) is 31.0. The zero-order valence-corrected chi connectivity index (χ0v) is 26.6. The second-order valence-corrected chi connectivity index (χ2v) is 13.7. The third-order valence-electron chi connectivity index (χ3n) is 9.81. The van der Waals surface area contributed by atoms with Gasteiger partial charge in [0.2, 0.25) is 17.7 Å². The van der Waals surface area contributed by atoms with Crippen molar-refractivity contribution in [1.82, 2.24) is 24.8 Å². The summed E-state index contributed by atoms with van der Waals surface area (Å²) in [4.78, 5) is 49.1. The Balaban J connectivity index is 1.42. The molecule has 3 aliphatic heterocycles. The first-order valence-corrected chi connectivity index (χ1v) is 16.5. The molecule has 1 aromatic heterocycles. The van der Waals surface area contributed by atoms with Gasteiger partial charge in [-0.3, -0.25) is 14.4 Å². The zero-order valence-electron chi connectivity index (χ0n) is 25.7. The van der Waals surface area contributed by atoms with Crippen LogP contribution in [0.4, 0.5) is 5.69 Å². The van der Waals surface area contributed by atoms with Crippen molar-refractivity contribution in [3.8, 4) is 0 Å². The number of aromatic nitrogens is 3. The van der Waals surface area contributed by atoms with Gasteiger partial charge in [-0.2, -0.15) is 0 Å². The second kappa shape index (κ2) is 12.4. The molecule has 3 fully saturated rings. The van der Waals surface area contributed by atoms with Gasteiger partial charge in [0.15, 0.2) is 0 Å². The van der Waals surface area contributed by atoms with Crippen LogP contribution in [0.3, 0.4) is 0 Å². The number of hydrogen-bond acceptors (Lipinski definition) is 7. The molecule has 3 unspecified atom stereocenters. The number of carbonyl (C=O) groups excluding carboxylic acids is 3. The van der Waals surface area contributed by atoms with Crippen LogP contribution in [0.5, 0.6) is 0 Å². The van der Waals surface area contributed by atoms with Gasteiger partial charge in [0, 0.05) is 24.0 Å². The van der Waals surface area contributed by atoms with Gasteiger partial charge in [-0.1, -0.05) is 61.5 Å². The Kier molecular flexibility index (Phi) is 8.58.